The molecule has 8 nitrogen and oxygen atoms in total. The van der Waals surface area contributed by atoms with E-state index in [0.29, 0.717) is 28.4 Å². The number of benzene rings is 3. The van der Waals surface area contributed by atoms with Crippen molar-refractivity contribution in [1.82, 2.24) is 4.90 Å². The maximum absolute atomic E-state index is 12.9. The summed E-state index contributed by atoms with van der Waals surface area (Å²) in [6.45, 7) is 0.102. The van der Waals surface area contributed by atoms with Crippen molar-refractivity contribution in [2.75, 3.05) is 24.9 Å². The summed E-state index contributed by atoms with van der Waals surface area (Å²) in [5, 5.41) is 5.48. The molecule has 0 saturated carbocycles. The van der Waals surface area contributed by atoms with Gasteiger partial charge in [-0.3, -0.25) is 19.3 Å². The molecule has 0 unspecified atom stereocenters. The minimum atomic E-state index is -0.581. The third kappa shape index (κ3) is 5.12. The molecule has 9 heteroatoms. The first-order valence-corrected chi connectivity index (χ1v) is 11.0. The summed E-state index contributed by atoms with van der Waals surface area (Å²) in [6.07, 6.45) is 0. The van der Waals surface area contributed by atoms with Crippen LogP contribution in [0.4, 0.5) is 11.4 Å². The number of amides is 3. The van der Waals surface area contributed by atoms with Crippen molar-refractivity contribution in [2.45, 2.75) is 6.54 Å². The molecule has 4 rings (SSSR count). The van der Waals surface area contributed by atoms with Crippen LogP contribution in [0.15, 0.2) is 83.5 Å². The monoisotopic (exact) mass is 491 g/mol. The second kappa shape index (κ2) is 10.3. The van der Waals surface area contributed by atoms with Gasteiger partial charge in [-0.05, 0) is 35.9 Å². The van der Waals surface area contributed by atoms with Crippen LogP contribution in [0.1, 0.15) is 15.9 Å². The zero-order valence-corrected chi connectivity index (χ0v) is 19.8. The van der Waals surface area contributed by atoms with Gasteiger partial charge in [-0.1, -0.05) is 48.0 Å². The van der Waals surface area contributed by atoms with Crippen LogP contribution >= 0.6 is 11.6 Å². The van der Waals surface area contributed by atoms with E-state index < -0.39 is 17.7 Å². The van der Waals surface area contributed by atoms with Crippen molar-refractivity contribution in [3.8, 4) is 11.5 Å². The lowest BCUT2D eigenvalue weighted by Gasteiger charge is -2.15. The molecule has 0 spiro atoms. The number of nitrogens with zero attached hydrogens (tertiary/aromatic N) is 1. The van der Waals surface area contributed by atoms with E-state index in [1.807, 2.05) is 30.3 Å². The molecule has 178 valence electrons. The summed E-state index contributed by atoms with van der Waals surface area (Å²) >= 11 is 6.21. The van der Waals surface area contributed by atoms with Crippen LogP contribution in [0.25, 0.3) is 0 Å². The standard InChI is InChI=1S/C26H22ClN3O5/c1-34-19-11-12-21(35-2)20(14-19)29-24(31)17-9-6-10-18(13-17)28-23-22(27)25(32)30(26(23)33)15-16-7-4-3-5-8-16/h3-14,28H,15H2,1-2H3,(H,29,31). The third-order valence-electron chi connectivity index (χ3n) is 5.34. The lowest BCUT2D eigenvalue weighted by Crippen LogP contribution is -2.31. The fourth-order valence-corrected chi connectivity index (χ4v) is 3.78. The number of carbonyl (C=O) groups is 3. The highest BCUT2D eigenvalue weighted by molar-refractivity contribution is 6.48. The number of anilines is 2. The molecule has 1 aliphatic rings. The minimum Gasteiger partial charge on any atom is -0.497 e. The Bertz CT molecular complexity index is 1320. The molecular formula is C26H22ClN3O5. The summed E-state index contributed by atoms with van der Waals surface area (Å²) in [7, 11) is 3.03. The Hall–Kier alpha value is -4.30. The molecule has 1 heterocycles. The van der Waals surface area contributed by atoms with Gasteiger partial charge in [0.2, 0.25) is 0 Å². The van der Waals surface area contributed by atoms with Crippen LogP contribution in [-0.2, 0) is 16.1 Å². The summed E-state index contributed by atoms with van der Waals surface area (Å²) in [6, 6.07) is 20.7. The number of hydrogen-bond donors (Lipinski definition) is 2. The lowest BCUT2D eigenvalue weighted by molar-refractivity contribution is -0.138. The molecule has 2 N–H and O–H groups in total. The van der Waals surface area contributed by atoms with E-state index in [4.69, 9.17) is 21.1 Å². The molecule has 3 amide bonds. The van der Waals surface area contributed by atoms with Gasteiger partial charge < -0.3 is 20.1 Å². The van der Waals surface area contributed by atoms with Gasteiger partial charge in [0.05, 0.1) is 26.5 Å². The second-order valence-corrected chi connectivity index (χ2v) is 7.98. The Balaban J connectivity index is 1.51. The summed E-state index contributed by atoms with van der Waals surface area (Å²) in [5.74, 6) is -0.497. The van der Waals surface area contributed by atoms with Crippen molar-refractivity contribution >= 4 is 40.7 Å². The van der Waals surface area contributed by atoms with E-state index >= 15 is 0 Å². The molecule has 0 aliphatic carbocycles. The van der Waals surface area contributed by atoms with Crippen molar-refractivity contribution < 1.29 is 23.9 Å². The van der Waals surface area contributed by atoms with Gasteiger partial charge in [0.25, 0.3) is 17.7 Å². The molecule has 35 heavy (non-hydrogen) atoms. The molecular weight excluding hydrogens is 470 g/mol. The molecule has 0 atom stereocenters. The van der Waals surface area contributed by atoms with Gasteiger partial charge >= 0.3 is 0 Å². The van der Waals surface area contributed by atoms with Gasteiger partial charge in [-0.25, -0.2) is 0 Å². The van der Waals surface area contributed by atoms with Gasteiger partial charge in [-0.15, -0.1) is 0 Å². The number of nitrogens with one attached hydrogen (secondary N) is 2. The van der Waals surface area contributed by atoms with Crippen LogP contribution in [0, 0.1) is 0 Å². The van der Waals surface area contributed by atoms with Gasteiger partial charge in [0, 0.05) is 17.3 Å². The van der Waals surface area contributed by atoms with Crippen molar-refractivity contribution in [3.05, 3.63) is 94.7 Å². The van der Waals surface area contributed by atoms with Gasteiger partial charge in [0.1, 0.15) is 22.2 Å². The number of rotatable bonds is 8. The SMILES string of the molecule is COc1ccc(OC)c(NC(=O)c2cccc(NC3=C(Cl)C(=O)N(Cc4ccccc4)C3=O)c2)c1. The van der Waals surface area contributed by atoms with E-state index in [-0.39, 0.29) is 17.3 Å². The Morgan fingerprint density at radius 2 is 1.69 bits per heavy atom. The van der Waals surface area contributed by atoms with E-state index in [2.05, 4.69) is 10.6 Å². The highest BCUT2D eigenvalue weighted by Gasteiger charge is 2.37. The predicted molar refractivity (Wildman–Crippen MR) is 132 cm³/mol. The van der Waals surface area contributed by atoms with Crippen molar-refractivity contribution in [3.63, 3.8) is 0 Å². The molecule has 1 aliphatic heterocycles. The molecule has 0 bridgehead atoms. The number of ether oxygens (including phenoxy) is 2. The van der Waals surface area contributed by atoms with Crippen LogP contribution < -0.4 is 20.1 Å². The Morgan fingerprint density at radius 3 is 2.40 bits per heavy atom. The van der Waals surface area contributed by atoms with E-state index in [0.717, 1.165) is 10.5 Å². The first kappa shape index (κ1) is 23.8. The zero-order chi connectivity index (χ0) is 24.9. The average Bonchev–Trinajstić information content (AvgIpc) is 3.08. The quantitative estimate of drug-likeness (QED) is 0.454. The fourth-order valence-electron chi connectivity index (χ4n) is 3.55. The first-order valence-electron chi connectivity index (χ1n) is 10.6. The number of hydrogen-bond acceptors (Lipinski definition) is 6. The average molecular weight is 492 g/mol. The van der Waals surface area contributed by atoms with E-state index in [9.17, 15) is 14.4 Å². The predicted octanol–water partition coefficient (Wildman–Crippen LogP) is 4.39. The Morgan fingerprint density at radius 1 is 0.914 bits per heavy atom. The largest absolute Gasteiger partial charge is 0.497 e. The normalized spacial score (nSPS) is 13.2. The van der Waals surface area contributed by atoms with Gasteiger partial charge in [-0.2, -0.15) is 0 Å². The highest BCUT2D eigenvalue weighted by atomic mass is 35.5. The number of imide groups is 1. The molecule has 0 aromatic heterocycles. The Kier molecular flexibility index (Phi) is 7.03. The van der Waals surface area contributed by atoms with Crippen LogP contribution in [0.5, 0.6) is 11.5 Å². The van der Waals surface area contributed by atoms with E-state index in [1.165, 1.54) is 14.2 Å². The number of methoxy groups -OCH3 is 2. The minimum absolute atomic E-state index is 0.0420. The third-order valence-corrected chi connectivity index (χ3v) is 5.69. The maximum Gasteiger partial charge on any atom is 0.279 e. The highest BCUT2D eigenvalue weighted by Crippen LogP contribution is 2.30. The summed E-state index contributed by atoms with van der Waals surface area (Å²) < 4.78 is 10.5. The fraction of sp³-hybridized carbons (Fsp3) is 0.115. The van der Waals surface area contributed by atoms with Gasteiger partial charge in [0.15, 0.2) is 0 Å². The molecule has 0 saturated heterocycles. The van der Waals surface area contributed by atoms with Crippen LogP contribution in [0.2, 0.25) is 0 Å². The molecule has 0 fully saturated rings. The number of carbonyl (C=O) groups excluding carboxylic acids is 3. The summed E-state index contributed by atoms with van der Waals surface area (Å²) in [5.41, 5.74) is 1.93. The summed E-state index contributed by atoms with van der Waals surface area (Å²) in [4.78, 5) is 39.5. The lowest BCUT2D eigenvalue weighted by atomic mass is 10.1. The first-order chi connectivity index (χ1) is 16.9. The number of halogens is 1. The zero-order valence-electron chi connectivity index (χ0n) is 19.0. The van der Waals surface area contributed by atoms with Crippen molar-refractivity contribution in [1.29, 1.82) is 0 Å². The van der Waals surface area contributed by atoms with Crippen LogP contribution in [-0.4, -0.2) is 36.8 Å². The molecule has 3 aromatic carbocycles. The smallest absolute Gasteiger partial charge is 0.279 e. The topological polar surface area (TPSA) is 97.0 Å². The molecule has 3 aromatic rings. The second-order valence-electron chi connectivity index (χ2n) is 7.60. The van der Waals surface area contributed by atoms with Crippen LogP contribution in [0.3, 0.4) is 0 Å². The molecule has 0 radical (unpaired) electrons. The van der Waals surface area contributed by atoms with E-state index in [1.54, 1.807) is 42.5 Å². The van der Waals surface area contributed by atoms with Crippen molar-refractivity contribution in [2.24, 2.45) is 0 Å². The Labute approximate surface area is 207 Å². The maximum atomic E-state index is 12.9.